The first-order chi connectivity index (χ1) is 15.6. The molecule has 0 spiro atoms. The highest BCUT2D eigenvalue weighted by atomic mass is 16.5. The van der Waals surface area contributed by atoms with Crippen molar-refractivity contribution in [3.63, 3.8) is 0 Å². The number of urea groups is 1. The van der Waals surface area contributed by atoms with E-state index in [4.69, 9.17) is 4.74 Å². The van der Waals surface area contributed by atoms with E-state index in [0.29, 0.717) is 13.1 Å². The Balaban J connectivity index is 1.34. The lowest BCUT2D eigenvalue weighted by Gasteiger charge is -2.39. The van der Waals surface area contributed by atoms with Crippen LogP contribution in [0.25, 0.3) is 0 Å². The van der Waals surface area contributed by atoms with Crippen molar-refractivity contribution in [1.82, 2.24) is 15.1 Å². The van der Waals surface area contributed by atoms with Crippen LogP contribution in [-0.2, 0) is 0 Å². The summed E-state index contributed by atoms with van der Waals surface area (Å²) in [6.45, 7) is 7.26. The predicted octanol–water partition coefficient (Wildman–Crippen LogP) is 4.76. The molecule has 1 aliphatic heterocycles. The summed E-state index contributed by atoms with van der Waals surface area (Å²) in [4.78, 5) is 17.0. The van der Waals surface area contributed by atoms with Crippen molar-refractivity contribution < 1.29 is 9.53 Å². The van der Waals surface area contributed by atoms with Crippen LogP contribution in [0.5, 0.6) is 5.75 Å². The lowest BCUT2D eigenvalue weighted by Crippen LogP contribution is -2.53. The van der Waals surface area contributed by atoms with Crippen molar-refractivity contribution in [3.8, 4) is 5.75 Å². The van der Waals surface area contributed by atoms with Gasteiger partial charge in [0, 0.05) is 26.2 Å². The molecular formula is C27H31N3O2. The molecule has 3 aromatic carbocycles. The average Bonchev–Trinajstić information content (AvgIpc) is 2.84. The lowest BCUT2D eigenvalue weighted by molar-refractivity contribution is 0.116. The molecule has 1 aliphatic rings. The number of rotatable bonds is 6. The molecule has 0 aromatic heterocycles. The van der Waals surface area contributed by atoms with Crippen LogP contribution >= 0.6 is 0 Å². The standard InChI is InChI=1S/C27H31N3O2/c1-21-10-9-15-25(22(21)2)32-20-28-27(31)30-18-16-29(17-19-30)26(23-11-5-3-6-12-23)24-13-7-4-8-14-24/h3-15,26H,16-20H2,1-2H3,(H,28,31). The average molecular weight is 430 g/mol. The van der Waals surface area contributed by atoms with Gasteiger partial charge >= 0.3 is 6.03 Å². The van der Waals surface area contributed by atoms with Gasteiger partial charge in [0.05, 0.1) is 6.04 Å². The van der Waals surface area contributed by atoms with E-state index in [-0.39, 0.29) is 18.8 Å². The van der Waals surface area contributed by atoms with E-state index in [0.717, 1.165) is 24.4 Å². The van der Waals surface area contributed by atoms with Gasteiger partial charge in [0.25, 0.3) is 0 Å². The molecule has 0 unspecified atom stereocenters. The van der Waals surface area contributed by atoms with Crippen LogP contribution in [0.4, 0.5) is 4.79 Å². The molecule has 5 heteroatoms. The maximum atomic E-state index is 12.7. The molecule has 1 saturated heterocycles. The molecule has 1 heterocycles. The molecule has 5 nitrogen and oxygen atoms in total. The maximum absolute atomic E-state index is 12.7. The molecule has 0 radical (unpaired) electrons. The van der Waals surface area contributed by atoms with Crippen LogP contribution < -0.4 is 10.1 Å². The van der Waals surface area contributed by atoms with Gasteiger partial charge in [0.2, 0.25) is 0 Å². The zero-order chi connectivity index (χ0) is 22.3. The van der Waals surface area contributed by atoms with Gasteiger partial charge in [-0.1, -0.05) is 72.8 Å². The number of hydrogen-bond donors (Lipinski definition) is 1. The third-order valence-corrected chi connectivity index (χ3v) is 6.20. The highest BCUT2D eigenvalue weighted by Gasteiger charge is 2.28. The molecule has 4 rings (SSSR count). The number of nitrogens with one attached hydrogen (secondary N) is 1. The quantitative estimate of drug-likeness (QED) is 0.575. The van der Waals surface area contributed by atoms with Crippen LogP contribution in [-0.4, -0.2) is 48.7 Å². The first kappa shape index (κ1) is 21.9. The van der Waals surface area contributed by atoms with E-state index in [9.17, 15) is 4.79 Å². The highest BCUT2D eigenvalue weighted by molar-refractivity contribution is 5.74. The molecule has 1 N–H and O–H groups in total. The second-order valence-electron chi connectivity index (χ2n) is 8.22. The zero-order valence-electron chi connectivity index (χ0n) is 18.8. The SMILES string of the molecule is Cc1cccc(OCNC(=O)N2CCN(C(c3ccccc3)c3ccccc3)CC2)c1C. The molecule has 1 fully saturated rings. The van der Waals surface area contributed by atoms with E-state index in [1.165, 1.54) is 16.7 Å². The number of piperazine rings is 1. The second-order valence-corrected chi connectivity index (χ2v) is 8.22. The van der Waals surface area contributed by atoms with Crippen molar-refractivity contribution in [2.75, 3.05) is 32.9 Å². The number of ether oxygens (including phenoxy) is 1. The summed E-state index contributed by atoms with van der Waals surface area (Å²) in [5.41, 5.74) is 4.83. The maximum Gasteiger partial charge on any atom is 0.320 e. The molecule has 166 valence electrons. The smallest absolute Gasteiger partial charge is 0.320 e. The Morgan fingerprint density at radius 2 is 1.44 bits per heavy atom. The van der Waals surface area contributed by atoms with Gasteiger partial charge in [-0.3, -0.25) is 4.90 Å². The number of amides is 2. The molecule has 0 saturated carbocycles. The van der Waals surface area contributed by atoms with Crippen molar-refractivity contribution in [2.24, 2.45) is 0 Å². The number of carbonyl (C=O) groups excluding carboxylic acids is 1. The summed E-state index contributed by atoms with van der Waals surface area (Å²) in [5.74, 6) is 0.809. The fraction of sp³-hybridized carbons (Fsp3) is 0.296. The van der Waals surface area contributed by atoms with Gasteiger partial charge in [-0.2, -0.15) is 0 Å². The minimum atomic E-state index is -0.0778. The first-order valence-electron chi connectivity index (χ1n) is 11.2. The fourth-order valence-corrected chi connectivity index (χ4v) is 4.24. The van der Waals surface area contributed by atoms with Gasteiger partial charge in [0.1, 0.15) is 5.75 Å². The normalized spacial score (nSPS) is 14.4. The van der Waals surface area contributed by atoms with Gasteiger partial charge in [-0.25, -0.2) is 4.79 Å². The van der Waals surface area contributed by atoms with E-state index in [2.05, 4.69) is 71.7 Å². The highest BCUT2D eigenvalue weighted by Crippen LogP contribution is 2.29. The Hall–Kier alpha value is -3.31. The van der Waals surface area contributed by atoms with Crippen LogP contribution in [0, 0.1) is 13.8 Å². The zero-order valence-corrected chi connectivity index (χ0v) is 18.8. The van der Waals surface area contributed by atoms with Crippen molar-refractivity contribution in [2.45, 2.75) is 19.9 Å². The van der Waals surface area contributed by atoms with Crippen LogP contribution in [0.15, 0.2) is 78.9 Å². The molecule has 0 atom stereocenters. The topological polar surface area (TPSA) is 44.8 Å². The fourth-order valence-electron chi connectivity index (χ4n) is 4.24. The van der Waals surface area contributed by atoms with Crippen LogP contribution in [0.3, 0.4) is 0 Å². The predicted molar refractivity (Wildman–Crippen MR) is 128 cm³/mol. The van der Waals surface area contributed by atoms with Gasteiger partial charge in [-0.05, 0) is 42.2 Å². The minimum Gasteiger partial charge on any atom is -0.473 e. The largest absolute Gasteiger partial charge is 0.473 e. The van der Waals surface area contributed by atoms with E-state index < -0.39 is 0 Å². The molecule has 3 aromatic rings. The summed E-state index contributed by atoms with van der Waals surface area (Å²) in [7, 11) is 0. The summed E-state index contributed by atoms with van der Waals surface area (Å²) in [6.07, 6.45) is 0. The Kier molecular flexibility index (Phi) is 7.07. The monoisotopic (exact) mass is 429 g/mol. The van der Waals surface area contributed by atoms with Crippen LogP contribution in [0.1, 0.15) is 28.3 Å². The Morgan fingerprint density at radius 3 is 2.03 bits per heavy atom. The van der Waals surface area contributed by atoms with Gasteiger partial charge < -0.3 is 15.0 Å². The Labute approximate surface area is 190 Å². The molecule has 0 bridgehead atoms. The van der Waals surface area contributed by atoms with E-state index in [1.54, 1.807) is 0 Å². The van der Waals surface area contributed by atoms with Crippen molar-refractivity contribution >= 4 is 6.03 Å². The molecule has 2 amide bonds. The molecule has 0 aliphatic carbocycles. The van der Waals surface area contributed by atoms with Gasteiger partial charge in [-0.15, -0.1) is 0 Å². The summed E-state index contributed by atoms with van der Waals surface area (Å²) in [6, 6.07) is 27.2. The lowest BCUT2D eigenvalue weighted by atomic mass is 9.96. The summed E-state index contributed by atoms with van der Waals surface area (Å²) >= 11 is 0. The number of aryl methyl sites for hydroxylation is 1. The third-order valence-electron chi connectivity index (χ3n) is 6.20. The van der Waals surface area contributed by atoms with Crippen molar-refractivity contribution in [3.05, 3.63) is 101 Å². The van der Waals surface area contributed by atoms with E-state index >= 15 is 0 Å². The molecule has 32 heavy (non-hydrogen) atoms. The molecular weight excluding hydrogens is 398 g/mol. The Bertz CT molecular complexity index is 976. The second kappa shape index (κ2) is 10.3. The Morgan fingerprint density at radius 1 is 0.844 bits per heavy atom. The van der Waals surface area contributed by atoms with Crippen LogP contribution in [0.2, 0.25) is 0 Å². The summed E-state index contributed by atoms with van der Waals surface area (Å²) < 4.78 is 5.79. The summed E-state index contributed by atoms with van der Waals surface area (Å²) in [5, 5.41) is 2.90. The van der Waals surface area contributed by atoms with Crippen molar-refractivity contribution in [1.29, 1.82) is 0 Å². The van der Waals surface area contributed by atoms with E-state index in [1.807, 2.05) is 36.1 Å². The first-order valence-corrected chi connectivity index (χ1v) is 11.2. The number of hydrogen-bond acceptors (Lipinski definition) is 3. The third kappa shape index (κ3) is 5.11. The number of carbonyl (C=O) groups is 1. The number of nitrogens with zero attached hydrogens (tertiary/aromatic N) is 2. The van der Waals surface area contributed by atoms with Gasteiger partial charge in [0.15, 0.2) is 6.73 Å². The number of benzene rings is 3. The minimum absolute atomic E-state index is 0.0778.